The summed E-state index contributed by atoms with van der Waals surface area (Å²) in [7, 11) is 0. The minimum atomic E-state index is 0.489. The van der Waals surface area contributed by atoms with Gasteiger partial charge in [0.2, 0.25) is 0 Å². The molecule has 0 radical (unpaired) electrons. The molecule has 1 heterocycles. The Morgan fingerprint density at radius 3 is 2.63 bits per heavy atom. The van der Waals surface area contributed by atoms with Crippen LogP contribution < -0.4 is 5.32 Å². The number of benzene rings is 1. The fourth-order valence-electron chi connectivity index (χ4n) is 3.09. The van der Waals surface area contributed by atoms with Crippen LogP contribution in [0.4, 0.5) is 0 Å². The third-order valence-electron chi connectivity index (χ3n) is 4.11. The number of nitrogens with one attached hydrogen (secondary N) is 1. The van der Waals surface area contributed by atoms with E-state index in [2.05, 4.69) is 38.2 Å². The molecule has 0 fully saturated rings. The summed E-state index contributed by atoms with van der Waals surface area (Å²) >= 11 is 0. The Morgan fingerprint density at radius 2 is 1.95 bits per heavy atom. The van der Waals surface area contributed by atoms with E-state index in [1.54, 1.807) is 0 Å². The van der Waals surface area contributed by atoms with Crippen LogP contribution in [0.3, 0.4) is 0 Å². The van der Waals surface area contributed by atoms with Gasteiger partial charge in [-0.1, -0.05) is 20.8 Å². The average Bonchev–Trinajstić information content (AvgIpc) is 2.95. The van der Waals surface area contributed by atoms with Gasteiger partial charge < -0.3 is 9.73 Å². The first-order chi connectivity index (χ1) is 9.19. The smallest absolute Gasteiger partial charge is 0.134 e. The van der Waals surface area contributed by atoms with Gasteiger partial charge in [0.05, 0.1) is 6.54 Å². The van der Waals surface area contributed by atoms with Crippen molar-refractivity contribution >= 4 is 11.0 Å². The van der Waals surface area contributed by atoms with Gasteiger partial charge >= 0.3 is 0 Å². The molecule has 1 aromatic heterocycles. The van der Waals surface area contributed by atoms with Crippen molar-refractivity contribution in [1.29, 1.82) is 0 Å². The van der Waals surface area contributed by atoms with Gasteiger partial charge in [-0.15, -0.1) is 0 Å². The SMILES string of the molecule is CCc1c(CNC(C)C)oc2cc3c(cc12)CCC3. The van der Waals surface area contributed by atoms with Crippen LogP contribution in [0.25, 0.3) is 11.0 Å². The minimum absolute atomic E-state index is 0.489. The number of hydrogen-bond donors (Lipinski definition) is 1. The first kappa shape index (κ1) is 12.7. The van der Waals surface area contributed by atoms with Gasteiger partial charge in [-0.3, -0.25) is 0 Å². The fraction of sp³-hybridized carbons (Fsp3) is 0.529. The van der Waals surface area contributed by atoms with E-state index in [4.69, 9.17) is 4.42 Å². The highest BCUT2D eigenvalue weighted by molar-refractivity contribution is 5.84. The molecule has 1 aromatic carbocycles. The maximum atomic E-state index is 6.10. The van der Waals surface area contributed by atoms with E-state index in [1.165, 1.54) is 41.3 Å². The molecular formula is C17H23NO. The number of fused-ring (bicyclic) bond motifs is 2. The lowest BCUT2D eigenvalue weighted by atomic mass is 10.0. The van der Waals surface area contributed by atoms with Gasteiger partial charge in [0.15, 0.2) is 0 Å². The van der Waals surface area contributed by atoms with E-state index in [-0.39, 0.29) is 0 Å². The second-order valence-corrected chi connectivity index (χ2v) is 5.86. The molecule has 2 aromatic rings. The summed E-state index contributed by atoms with van der Waals surface area (Å²) < 4.78 is 6.10. The second-order valence-electron chi connectivity index (χ2n) is 5.86. The molecule has 0 spiro atoms. The van der Waals surface area contributed by atoms with Crippen LogP contribution in [-0.4, -0.2) is 6.04 Å². The Morgan fingerprint density at radius 1 is 1.21 bits per heavy atom. The van der Waals surface area contributed by atoms with Crippen LogP contribution in [0.15, 0.2) is 16.5 Å². The van der Waals surface area contributed by atoms with Crippen molar-refractivity contribution in [2.75, 3.05) is 0 Å². The lowest BCUT2D eigenvalue weighted by Crippen LogP contribution is -2.22. The summed E-state index contributed by atoms with van der Waals surface area (Å²) in [5, 5.41) is 4.80. The molecule has 0 amide bonds. The van der Waals surface area contributed by atoms with Crippen molar-refractivity contribution in [2.24, 2.45) is 0 Å². The highest BCUT2D eigenvalue weighted by atomic mass is 16.3. The number of hydrogen-bond acceptors (Lipinski definition) is 2. The molecule has 102 valence electrons. The molecular weight excluding hydrogens is 234 g/mol. The number of rotatable bonds is 4. The summed E-state index contributed by atoms with van der Waals surface area (Å²) in [6.45, 7) is 7.39. The summed E-state index contributed by atoms with van der Waals surface area (Å²) in [6.07, 6.45) is 4.79. The van der Waals surface area contributed by atoms with Crippen LogP contribution in [0, 0.1) is 0 Å². The molecule has 2 nitrogen and oxygen atoms in total. The summed E-state index contributed by atoms with van der Waals surface area (Å²) in [5.74, 6) is 1.12. The highest BCUT2D eigenvalue weighted by Gasteiger charge is 2.18. The van der Waals surface area contributed by atoms with Gasteiger partial charge in [-0.25, -0.2) is 0 Å². The molecule has 3 rings (SSSR count). The molecule has 0 saturated heterocycles. The average molecular weight is 257 g/mol. The maximum absolute atomic E-state index is 6.10. The fourth-order valence-corrected chi connectivity index (χ4v) is 3.09. The molecule has 0 atom stereocenters. The molecule has 0 unspecified atom stereocenters. The van der Waals surface area contributed by atoms with Crippen LogP contribution >= 0.6 is 0 Å². The van der Waals surface area contributed by atoms with E-state index in [1.807, 2.05) is 0 Å². The first-order valence-electron chi connectivity index (χ1n) is 7.48. The lowest BCUT2D eigenvalue weighted by molar-refractivity contribution is 0.483. The van der Waals surface area contributed by atoms with E-state index in [9.17, 15) is 0 Å². The monoisotopic (exact) mass is 257 g/mol. The first-order valence-corrected chi connectivity index (χ1v) is 7.48. The summed E-state index contributed by atoms with van der Waals surface area (Å²) in [6, 6.07) is 5.14. The molecule has 0 bridgehead atoms. The van der Waals surface area contributed by atoms with Crippen LogP contribution in [0.2, 0.25) is 0 Å². The van der Waals surface area contributed by atoms with Crippen molar-refractivity contribution in [2.45, 2.75) is 59.0 Å². The van der Waals surface area contributed by atoms with E-state index >= 15 is 0 Å². The number of aryl methyl sites for hydroxylation is 3. The molecule has 1 N–H and O–H groups in total. The molecule has 1 aliphatic rings. The predicted octanol–water partition coefficient (Wildman–Crippen LogP) is 3.98. The standard InChI is InChI=1S/C17H23NO/c1-4-14-15-8-12-6-5-7-13(12)9-16(15)19-17(14)10-18-11(2)3/h8-9,11,18H,4-7,10H2,1-3H3. The molecule has 0 saturated carbocycles. The van der Waals surface area contributed by atoms with E-state index in [0.29, 0.717) is 6.04 Å². The van der Waals surface area contributed by atoms with Gasteiger partial charge in [0, 0.05) is 17.0 Å². The quantitative estimate of drug-likeness (QED) is 0.896. The van der Waals surface area contributed by atoms with Crippen LogP contribution in [0.1, 0.15) is 49.6 Å². The predicted molar refractivity (Wildman–Crippen MR) is 79.6 cm³/mol. The second kappa shape index (κ2) is 5.01. The van der Waals surface area contributed by atoms with Crippen molar-refractivity contribution < 1.29 is 4.42 Å². The molecule has 19 heavy (non-hydrogen) atoms. The third-order valence-corrected chi connectivity index (χ3v) is 4.11. The Kier molecular flexibility index (Phi) is 3.36. The maximum Gasteiger partial charge on any atom is 0.134 e. The van der Waals surface area contributed by atoms with Gasteiger partial charge in [-0.2, -0.15) is 0 Å². The van der Waals surface area contributed by atoms with Crippen molar-refractivity contribution in [1.82, 2.24) is 5.32 Å². The molecule has 1 aliphatic carbocycles. The zero-order chi connectivity index (χ0) is 13.4. The molecule has 0 aliphatic heterocycles. The highest BCUT2D eigenvalue weighted by Crippen LogP contribution is 2.32. The zero-order valence-corrected chi connectivity index (χ0v) is 12.2. The summed E-state index contributed by atoms with van der Waals surface area (Å²) in [4.78, 5) is 0. The largest absolute Gasteiger partial charge is 0.459 e. The van der Waals surface area contributed by atoms with Crippen molar-refractivity contribution in [3.63, 3.8) is 0 Å². The van der Waals surface area contributed by atoms with E-state index in [0.717, 1.165) is 24.3 Å². The minimum Gasteiger partial charge on any atom is -0.459 e. The Hall–Kier alpha value is -1.28. The third kappa shape index (κ3) is 2.30. The Bertz CT molecular complexity index is 595. The Labute approximate surface area is 115 Å². The van der Waals surface area contributed by atoms with Gasteiger partial charge in [-0.05, 0) is 48.9 Å². The number of furan rings is 1. The van der Waals surface area contributed by atoms with Gasteiger partial charge in [0.25, 0.3) is 0 Å². The zero-order valence-electron chi connectivity index (χ0n) is 12.2. The van der Waals surface area contributed by atoms with Crippen LogP contribution in [0.5, 0.6) is 0 Å². The lowest BCUT2D eigenvalue weighted by Gasteiger charge is -2.06. The topological polar surface area (TPSA) is 25.2 Å². The summed E-state index contributed by atoms with van der Waals surface area (Å²) in [5.41, 5.74) is 5.49. The van der Waals surface area contributed by atoms with Crippen molar-refractivity contribution in [3.05, 3.63) is 34.6 Å². The Balaban J connectivity index is 2.04. The van der Waals surface area contributed by atoms with Gasteiger partial charge in [0.1, 0.15) is 11.3 Å². The van der Waals surface area contributed by atoms with Crippen molar-refractivity contribution in [3.8, 4) is 0 Å². The molecule has 2 heteroatoms. The van der Waals surface area contributed by atoms with E-state index < -0.39 is 0 Å². The normalized spacial score (nSPS) is 14.5. The van der Waals surface area contributed by atoms with Crippen LogP contribution in [-0.2, 0) is 25.8 Å².